The van der Waals surface area contributed by atoms with Gasteiger partial charge >= 0.3 is 12.5 Å². The summed E-state index contributed by atoms with van der Waals surface area (Å²) in [6.45, 7) is -1.84. The molecule has 3 N–H and O–H groups in total. The van der Waals surface area contributed by atoms with Gasteiger partial charge in [0.05, 0.1) is 6.61 Å². The number of aromatic nitrogens is 1. The zero-order valence-corrected chi connectivity index (χ0v) is 9.14. The summed E-state index contributed by atoms with van der Waals surface area (Å²) in [4.78, 5) is 2.97. The number of aliphatic hydroxyl groups is 1. The van der Waals surface area contributed by atoms with Crippen LogP contribution in [0.3, 0.4) is 0 Å². The van der Waals surface area contributed by atoms with Crippen molar-refractivity contribution < 1.29 is 36.2 Å². The SMILES string of the molecule is NCc1c(C(F)(F)F)ncc(CO)c1OC(F)(F)F. The lowest BCUT2D eigenvalue weighted by molar-refractivity contribution is -0.275. The Kier molecular flexibility index (Phi) is 4.25. The molecule has 4 nitrogen and oxygen atoms in total. The molecule has 0 bridgehead atoms. The smallest absolute Gasteiger partial charge is 0.405 e. The lowest BCUT2D eigenvalue weighted by atomic mass is 10.1. The van der Waals surface area contributed by atoms with Crippen LogP contribution in [0.4, 0.5) is 26.3 Å². The van der Waals surface area contributed by atoms with Crippen molar-refractivity contribution in [2.24, 2.45) is 5.73 Å². The molecule has 0 spiro atoms. The molecule has 1 aromatic rings. The molecule has 0 radical (unpaired) electrons. The van der Waals surface area contributed by atoms with Crippen LogP contribution < -0.4 is 10.5 Å². The molecule has 0 aromatic carbocycles. The van der Waals surface area contributed by atoms with E-state index in [1.54, 1.807) is 0 Å². The Balaban J connectivity index is 3.46. The first-order valence-corrected chi connectivity index (χ1v) is 4.74. The summed E-state index contributed by atoms with van der Waals surface area (Å²) >= 11 is 0. The maximum absolute atomic E-state index is 12.6. The first-order valence-electron chi connectivity index (χ1n) is 4.74. The Morgan fingerprint density at radius 3 is 2.16 bits per heavy atom. The number of hydrogen-bond acceptors (Lipinski definition) is 4. The standard InChI is InChI=1S/C9H8F6N2O2/c10-8(11,12)7-5(1-16)6(19-9(13,14)15)4(3-18)2-17-7/h2,18H,1,3,16H2. The third kappa shape index (κ3) is 3.70. The Labute approximate surface area is 102 Å². The molecule has 10 heteroatoms. The van der Waals surface area contributed by atoms with Crippen molar-refractivity contribution >= 4 is 0 Å². The van der Waals surface area contributed by atoms with Gasteiger partial charge in [-0.25, -0.2) is 0 Å². The Hall–Kier alpha value is -1.55. The number of hydrogen-bond donors (Lipinski definition) is 2. The monoisotopic (exact) mass is 290 g/mol. The van der Waals surface area contributed by atoms with Gasteiger partial charge in [-0.15, -0.1) is 13.2 Å². The summed E-state index contributed by atoms with van der Waals surface area (Å²) in [5.74, 6) is -1.17. The van der Waals surface area contributed by atoms with E-state index in [1.165, 1.54) is 0 Å². The molecule has 0 unspecified atom stereocenters. The zero-order chi connectivity index (χ0) is 14.8. The van der Waals surface area contributed by atoms with Gasteiger partial charge in [-0.1, -0.05) is 0 Å². The van der Waals surface area contributed by atoms with Crippen molar-refractivity contribution in [2.75, 3.05) is 0 Å². The van der Waals surface area contributed by atoms with E-state index in [0.29, 0.717) is 6.20 Å². The predicted octanol–water partition coefficient (Wildman–Crippen LogP) is 1.95. The highest BCUT2D eigenvalue weighted by atomic mass is 19.4. The van der Waals surface area contributed by atoms with Crippen LogP contribution in [0.1, 0.15) is 16.8 Å². The molecule has 108 valence electrons. The maximum atomic E-state index is 12.6. The van der Waals surface area contributed by atoms with Crippen molar-refractivity contribution in [2.45, 2.75) is 25.7 Å². The number of nitrogens with two attached hydrogens (primary N) is 1. The fraction of sp³-hybridized carbons (Fsp3) is 0.444. The highest BCUT2D eigenvalue weighted by Crippen LogP contribution is 2.38. The first kappa shape index (κ1) is 15.5. The minimum atomic E-state index is -5.21. The number of halogens is 6. The van der Waals surface area contributed by atoms with Crippen molar-refractivity contribution in [1.29, 1.82) is 0 Å². The minimum absolute atomic E-state index is 0.461. The van der Waals surface area contributed by atoms with E-state index in [9.17, 15) is 26.3 Å². The molecule has 1 aromatic heterocycles. The van der Waals surface area contributed by atoms with E-state index in [2.05, 4.69) is 9.72 Å². The summed E-state index contributed by atoms with van der Waals surface area (Å²) in [6.07, 6.45) is -9.73. The van der Waals surface area contributed by atoms with Gasteiger partial charge in [0, 0.05) is 23.9 Å². The van der Waals surface area contributed by atoms with Crippen LogP contribution >= 0.6 is 0 Å². The second-order valence-electron chi connectivity index (χ2n) is 3.35. The van der Waals surface area contributed by atoms with Gasteiger partial charge < -0.3 is 15.6 Å². The van der Waals surface area contributed by atoms with E-state index in [0.717, 1.165) is 0 Å². The summed E-state index contributed by atoms with van der Waals surface area (Å²) in [6, 6.07) is 0. The van der Waals surface area contributed by atoms with Crippen LogP contribution in [0.25, 0.3) is 0 Å². The van der Waals surface area contributed by atoms with E-state index in [1.807, 2.05) is 0 Å². The summed E-state index contributed by atoms with van der Waals surface area (Å²) in [5.41, 5.74) is 1.95. The number of rotatable bonds is 3. The first-order chi connectivity index (χ1) is 8.60. The van der Waals surface area contributed by atoms with Gasteiger partial charge in [-0.2, -0.15) is 13.2 Å². The zero-order valence-electron chi connectivity index (χ0n) is 9.14. The van der Waals surface area contributed by atoms with Crippen LogP contribution in [-0.2, 0) is 19.3 Å². The molecule has 0 fully saturated rings. The molecule has 19 heavy (non-hydrogen) atoms. The highest BCUT2D eigenvalue weighted by molar-refractivity contribution is 5.43. The Bertz CT molecular complexity index is 457. The van der Waals surface area contributed by atoms with Gasteiger partial charge in [-0.3, -0.25) is 4.98 Å². The Morgan fingerprint density at radius 1 is 1.21 bits per heavy atom. The number of alkyl halides is 6. The van der Waals surface area contributed by atoms with Gasteiger partial charge in [0.15, 0.2) is 5.69 Å². The largest absolute Gasteiger partial charge is 0.573 e. The summed E-state index contributed by atoms with van der Waals surface area (Å²) in [5, 5.41) is 8.82. The average molecular weight is 290 g/mol. The fourth-order valence-electron chi connectivity index (χ4n) is 1.37. The molecular weight excluding hydrogens is 282 g/mol. The predicted molar refractivity (Wildman–Crippen MR) is 49.7 cm³/mol. The van der Waals surface area contributed by atoms with Gasteiger partial charge in [0.1, 0.15) is 5.75 Å². The molecule has 0 aliphatic rings. The molecule has 1 rings (SSSR count). The lowest BCUT2D eigenvalue weighted by Crippen LogP contribution is -2.23. The average Bonchev–Trinajstić information content (AvgIpc) is 2.25. The number of pyridine rings is 1. The van der Waals surface area contributed by atoms with E-state index < -0.39 is 48.3 Å². The van der Waals surface area contributed by atoms with Crippen LogP contribution in [0.5, 0.6) is 5.75 Å². The summed E-state index contributed by atoms with van der Waals surface area (Å²) < 4.78 is 77.7. The van der Waals surface area contributed by atoms with Gasteiger partial charge in [0.2, 0.25) is 0 Å². The van der Waals surface area contributed by atoms with Crippen molar-refractivity contribution in [3.63, 3.8) is 0 Å². The van der Waals surface area contributed by atoms with Gasteiger partial charge in [-0.05, 0) is 0 Å². The third-order valence-corrected chi connectivity index (χ3v) is 2.06. The number of ether oxygens (including phenoxy) is 1. The van der Waals surface area contributed by atoms with Crippen LogP contribution in [0, 0.1) is 0 Å². The molecule has 0 aliphatic carbocycles. The van der Waals surface area contributed by atoms with Crippen molar-refractivity contribution in [3.05, 3.63) is 23.0 Å². The second-order valence-corrected chi connectivity index (χ2v) is 3.35. The highest BCUT2D eigenvalue weighted by Gasteiger charge is 2.40. The number of nitrogens with zero attached hydrogens (tertiary/aromatic N) is 1. The van der Waals surface area contributed by atoms with Crippen LogP contribution in [-0.4, -0.2) is 16.5 Å². The molecule has 0 aliphatic heterocycles. The normalized spacial score (nSPS) is 12.6. The van der Waals surface area contributed by atoms with Crippen molar-refractivity contribution in [1.82, 2.24) is 4.98 Å². The molecule has 0 amide bonds. The maximum Gasteiger partial charge on any atom is 0.573 e. The van der Waals surface area contributed by atoms with Crippen molar-refractivity contribution in [3.8, 4) is 5.75 Å². The summed E-state index contributed by atoms with van der Waals surface area (Å²) in [7, 11) is 0. The molecular formula is C9H8F6N2O2. The van der Waals surface area contributed by atoms with Crippen LogP contribution in [0.15, 0.2) is 6.20 Å². The second kappa shape index (κ2) is 5.21. The molecule has 1 heterocycles. The number of aliphatic hydroxyl groups excluding tert-OH is 1. The topological polar surface area (TPSA) is 68.4 Å². The Morgan fingerprint density at radius 2 is 1.79 bits per heavy atom. The quantitative estimate of drug-likeness (QED) is 0.835. The van der Waals surface area contributed by atoms with E-state index in [-0.39, 0.29) is 0 Å². The lowest BCUT2D eigenvalue weighted by Gasteiger charge is -2.18. The van der Waals surface area contributed by atoms with Gasteiger partial charge in [0.25, 0.3) is 0 Å². The molecule has 0 saturated heterocycles. The van der Waals surface area contributed by atoms with Crippen LogP contribution in [0.2, 0.25) is 0 Å². The third-order valence-electron chi connectivity index (χ3n) is 2.06. The molecule has 0 atom stereocenters. The molecule has 0 saturated carbocycles. The fourth-order valence-corrected chi connectivity index (χ4v) is 1.37. The van der Waals surface area contributed by atoms with E-state index >= 15 is 0 Å². The minimum Gasteiger partial charge on any atom is -0.405 e. The van der Waals surface area contributed by atoms with E-state index in [4.69, 9.17) is 10.8 Å².